The summed E-state index contributed by atoms with van der Waals surface area (Å²) in [5, 5.41) is 19.1. The first kappa shape index (κ1) is 15.2. The van der Waals surface area contributed by atoms with Crippen molar-refractivity contribution in [1.82, 2.24) is 0 Å². The van der Waals surface area contributed by atoms with Gasteiger partial charge in [-0.3, -0.25) is 14.9 Å². The molecule has 0 saturated heterocycles. The van der Waals surface area contributed by atoms with Gasteiger partial charge in [0.1, 0.15) is 11.5 Å². The van der Waals surface area contributed by atoms with Crippen molar-refractivity contribution in [2.75, 3.05) is 18.5 Å². The summed E-state index contributed by atoms with van der Waals surface area (Å²) in [7, 11) is 1.53. The fourth-order valence-corrected chi connectivity index (χ4v) is 1.72. The van der Waals surface area contributed by atoms with Crippen LogP contribution in [0.5, 0.6) is 0 Å². The summed E-state index contributed by atoms with van der Waals surface area (Å²) in [4.78, 5) is 22.0. The summed E-state index contributed by atoms with van der Waals surface area (Å²) >= 11 is 5.50. The van der Waals surface area contributed by atoms with Crippen molar-refractivity contribution < 1.29 is 19.2 Å². The molecule has 0 aliphatic carbocycles. The Morgan fingerprint density at radius 3 is 2.74 bits per heavy atom. The molecule has 0 saturated carbocycles. The third-order valence-electron chi connectivity index (χ3n) is 2.51. The largest absolute Gasteiger partial charge is 0.481 e. The third kappa shape index (κ3) is 4.06. The van der Waals surface area contributed by atoms with E-state index in [1.807, 2.05) is 0 Å². The van der Waals surface area contributed by atoms with Gasteiger partial charge >= 0.3 is 5.97 Å². The molecular weight excluding hydrogens is 279 g/mol. The number of carboxylic acid groups (broad SMARTS) is 1. The van der Waals surface area contributed by atoms with Gasteiger partial charge in [0.15, 0.2) is 0 Å². The molecule has 0 atom stereocenters. The Hall–Kier alpha value is -1.89. The molecule has 1 aromatic carbocycles. The van der Waals surface area contributed by atoms with E-state index in [9.17, 15) is 19.3 Å². The predicted octanol–water partition coefficient (Wildman–Crippen LogP) is 2.69. The van der Waals surface area contributed by atoms with Gasteiger partial charge in [-0.15, -0.1) is 0 Å². The molecule has 0 amide bonds. The Bertz CT molecular complexity index is 510. The maximum atomic E-state index is 13.4. The summed E-state index contributed by atoms with van der Waals surface area (Å²) in [5.74, 6) is -1.71. The van der Waals surface area contributed by atoms with Crippen LogP contribution in [0.15, 0.2) is 12.1 Å². The fraction of sp³-hybridized carbons (Fsp3) is 0.364. The molecule has 1 aromatic rings. The molecule has 0 radical (unpaired) electrons. The highest BCUT2D eigenvalue weighted by Gasteiger charge is 2.20. The second-order valence-electron chi connectivity index (χ2n) is 3.93. The van der Waals surface area contributed by atoms with Gasteiger partial charge in [-0.2, -0.15) is 0 Å². The van der Waals surface area contributed by atoms with E-state index in [1.165, 1.54) is 11.9 Å². The molecule has 0 aliphatic rings. The van der Waals surface area contributed by atoms with Crippen molar-refractivity contribution in [2.45, 2.75) is 12.8 Å². The van der Waals surface area contributed by atoms with Gasteiger partial charge < -0.3 is 10.0 Å². The molecule has 19 heavy (non-hydrogen) atoms. The van der Waals surface area contributed by atoms with E-state index in [0.717, 1.165) is 12.1 Å². The lowest BCUT2D eigenvalue weighted by Crippen LogP contribution is -2.20. The first-order chi connectivity index (χ1) is 8.82. The number of nitrogens with zero attached hydrogens (tertiary/aromatic N) is 2. The first-order valence-corrected chi connectivity index (χ1v) is 5.77. The normalized spacial score (nSPS) is 10.3. The number of carboxylic acids is 1. The Balaban J connectivity index is 2.94. The quantitative estimate of drug-likeness (QED) is 0.643. The van der Waals surface area contributed by atoms with Crippen LogP contribution in [0.4, 0.5) is 15.8 Å². The Morgan fingerprint density at radius 2 is 2.21 bits per heavy atom. The number of halogens is 2. The minimum atomic E-state index is -0.954. The van der Waals surface area contributed by atoms with Gasteiger partial charge in [0, 0.05) is 32.1 Å². The minimum absolute atomic E-state index is 0.0613. The third-order valence-corrected chi connectivity index (χ3v) is 2.80. The maximum absolute atomic E-state index is 13.4. The number of anilines is 1. The zero-order valence-electron chi connectivity index (χ0n) is 10.1. The van der Waals surface area contributed by atoms with Crippen LogP contribution in [-0.4, -0.2) is 29.6 Å². The average molecular weight is 291 g/mol. The highest BCUT2D eigenvalue weighted by molar-refractivity contribution is 6.31. The molecule has 104 valence electrons. The number of benzene rings is 1. The lowest BCUT2D eigenvalue weighted by Gasteiger charge is -2.19. The lowest BCUT2D eigenvalue weighted by atomic mass is 10.2. The molecular formula is C11H12ClFN2O4. The van der Waals surface area contributed by atoms with Gasteiger partial charge in [-0.05, 0) is 6.42 Å². The number of nitro groups is 1. The van der Waals surface area contributed by atoms with Crippen molar-refractivity contribution in [1.29, 1.82) is 0 Å². The summed E-state index contributed by atoms with van der Waals surface area (Å²) in [5.41, 5.74) is -0.249. The van der Waals surface area contributed by atoms with Crippen LogP contribution in [0, 0.1) is 15.9 Å². The Morgan fingerprint density at radius 1 is 1.58 bits per heavy atom. The standard InChI is InChI=1S/C11H12ClFN2O4/c1-14(4-2-3-11(16)17)9-6-8(13)7(12)5-10(9)15(18)19/h5-6H,2-4H2,1H3,(H,16,17). The smallest absolute Gasteiger partial charge is 0.303 e. The SMILES string of the molecule is CN(CCCC(=O)O)c1cc(F)c(Cl)cc1[N+](=O)[O-]. The van der Waals surface area contributed by atoms with Crippen molar-refractivity contribution >= 4 is 28.9 Å². The first-order valence-electron chi connectivity index (χ1n) is 5.39. The molecule has 1 N–H and O–H groups in total. The molecule has 8 heteroatoms. The van der Waals surface area contributed by atoms with Crippen LogP contribution in [0.3, 0.4) is 0 Å². The molecule has 0 unspecified atom stereocenters. The molecule has 0 bridgehead atoms. The van der Waals surface area contributed by atoms with Gasteiger partial charge in [0.25, 0.3) is 5.69 Å². The van der Waals surface area contributed by atoms with Crippen LogP contribution >= 0.6 is 11.6 Å². The van der Waals surface area contributed by atoms with E-state index >= 15 is 0 Å². The average Bonchev–Trinajstić information content (AvgIpc) is 2.31. The van der Waals surface area contributed by atoms with Crippen LogP contribution in [-0.2, 0) is 4.79 Å². The van der Waals surface area contributed by atoms with E-state index in [0.29, 0.717) is 6.42 Å². The van der Waals surface area contributed by atoms with E-state index in [2.05, 4.69) is 0 Å². The maximum Gasteiger partial charge on any atom is 0.303 e. The van der Waals surface area contributed by atoms with E-state index in [1.54, 1.807) is 0 Å². The van der Waals surface area contributed by atoms with Crippen LogP contribution in [0.2, 0.25) is 5.02 Å². The van der Waals surface area contributed by atoms with Gasteiger partial charge in [-0.25, -0.2) is 4.39 Å². The van der Waals surface area contributed by atoms with Crippen molar-refractivity contribution in [3.8, 4) is 0 Å². The highest BCUT2D eigenvalue weighted by Crippen LogP contribution is 2.32. The topological polar surface area (TPSA) is 83.7 Å². The summed E-state index contributed by atoms with van der Waals surface area (Å²) in [6.45, 7) is 0.258. The summed E-state index contributed by atoms with van der Waals surface area (Å²) < 4.78 is 13.4. The van der Waals surface area contributed by atoms with Crippen molar-refractivity contribution in [3.63, 3.8) is 0 Å². The zero-order valence-corrected chi connectivity index (χ0v) is 10.9. The molecule has 6 nitrogen and oxygen atoms in total. The number of aliphatic carboxylic acids is 1. The summed E-state index contributed by atoms with van der Waals surface area (Å²) in [6, 6.07) is 1.92. The van der Waals surface area contributed by atoms with Crippen LogP contribution in [0.25, 0.3) is 0 Å². The fourth-order valence-electron chi connectivity index (χ4n) is 1.57. The number of hydrogen-bond acceptors (Lipinski definition) is 4. The lowest BCUT2D eigenvalue weighted by molar-refractivity contribution is -0.384. The van der Waals surface area contributed by atoms with E-state index < -0.39 is 16.7 Å². The number of carbonyl (C=O) groups is 1. The number of hydrogen-bond donors (Lipinski definition) is 1. The van der Waals surface area contributed by atoms with Gasteiger partial charge in [-0.1, -0.05) is 11.6 Å². The molecule has 0 aliphatic heterocycles. The van der Waals surface area contributed by atoms with E-state index in [4.69, 9.17) is 16.7 Å². The molecule has 1 rings (SSSR count). The van der Waals surface area contributed by atoms with Gasteiger partial charge in [0.2, 0.25) is 0 Å². The highest BCUT2D eigenvalue weighted by atomic mass is 35.5. The van der Waals surface area contributed by atoms with Gasteiger partial charge in [0.05, 0.1) is 9.95 Å². The van der Waals surface area contributed by atoms with Crippen LogP contribution < -0.4 is 4.90 Å². The van der Waals surface area contributed by atoms with E-state index in [-0.39, 0.29) is 29.4 Å². The van der Waals surface area contributed by atoms with Crippen molar-refractivity contribution in [2.24, 2.45) is 0 Å². The van der Waals surface area contributed by atoms with Crippen LogP contribution in [0.1, 0.15) is 12.8 Å². The van der Waals surface area contributed by atoms with Crippen molar-refractivity contribution in [3.05, 3.63) is 33.1 Å². The zero-order chi connectivity index (χ0) is 14.6. The Kier molecular flexibility index (Phi) is 5.05. The molecule has 0 spiro atoms. The monoisotopic (exact) mass is 290 g/mol. The minimum Gasteiger partial charge on any atom is -0.481 e. The molecule has 0 fully saturated rings. The second-order valence-corrected chi connectivity index (χ2v) is 4.34. The predicted molar refractivity (Wildman–Crippen MR) is 68.2 cm³/mol. The summed E-state index contributed by atoms with van der Waals surface area (Å²) in [6.07, 6.45) is 0.238. The second kappa shape index (κ2) is 6.33. The Labute approximate surface area is 113 Å². The number of nitro benzene ring substituents is 1. The molecule has 0 aromatic heterocycles. The number of rotatable bonds is 6. The molecule has 0 heterocycles.